The number of aromatic nitrogens is 1. The molecule has 0 saturated heterocycles. The summed E-state index contributed by atoms with van der Waals surface area (Å²) in [5.74, 6) is 0. The van der Waals surface area contributed by atoms with Crippen LogP contribution in [0.25, 0.3) is 0 Å². The average molecular weight is 304 g/mol. The van der Waals surface area contributed by atoms with Crippen LogP contribution < -0.4 is 4.34 Å². The van der Waals surface area contributed by atoms with Crippen LogP contribution in [0.1, 0.15) is 0 Å². The van der Waals surface area contributed by atoms with Crippen molar-refractivity contribution in [3.8, 4) is 0 Å². The molecule has 72 valence electrons. The Labute approximate surface area is 103 Å². The van der Waals surface area contributed by atoms with Crippen LogP contribution in [-0.4, -0.2) is 0 Å². The molecular formula is C5H8NP2S5+. The average Bonchev–Trinajstić information content (AvgIpc) is 2.04. The predicted molar refractivity (Wildman–Crippen MR) is 77.6 cm³/mol. The summed E-state index contributed by atoms with van der Waals surface area (Å²) in [5, 5.41) is -1.10. The molecule has 2 atom stereocenters. The topological polar surface area (TPSA) is 3.88 Å². The van der Waals surface area contributed by atoms with Gasteiger partial charge in [0.25, 0.3) is 0 Å². The van der Waals surface area contributed by atoms with E-state index in [0.29, 0.717) is 0 Å². The molecule has 0 aliphatic heterocycles. The zero-order valence-corrected chi connectivity index (χ0v) is 12.5. The van der Waals surface area contributed by atoms with Gasteiger partial charge >= 0.3 is 4.59 Å². The van der Waals surface area contributed by atoms with E-state index in [9.17, 15) is 0 Å². The van der Waals surface area contributed by atoms with E-state index in [-0.39, 0.29) is 0 Å². The second-order valence-electron chi connectivity index (χ2n) is 2.10. The second kappa shape index (κ2) is 5.55. The van der Waals surface area contributed by atoms with Crippen molar-refractivity contribution in [3.63, 3.8) is 0 Å². The Balaban J connectivity index is 2.95. The van der Waals surface area contributed by atoms with Gasteiger partial charge in [0.2, 0.25) is 0 Å². The first-order chi connectivity index (χ1) is 6.02. The van der Waals surface area contributed by atoms with Gasteiger partial charge in [-0.25, -0.2) is 0 Å². The molecule has 0 N–H and O–H groups in total. The molecule has 1 rings (SSSR count). The molecule has 0 amide bonds. The van der Waals surface area contributed by atoms with Gasteiger partial charge in [0, 0.05) is 12.1 Å². The highest BCUT2D eigenvalue weighted by molar-refractivity contribution is 9.17. The van der Waals surface area contributed by atoms with Gasteiger partial charge in [0.1, 0.15) is 0 Å². The summed E-state index contributed by atoms with van der Waals surface area (Å²) in [5.41, 5.74) is 0. The Bertz CT molecular complexity index is 353. The van der Waals surface area contributed by atoms with Crippen LogP contribution in [0.4, 0.5) is 0 Å². The molecule has 1 aromatic heterocycles. The van der Waals surface area contributed by atoms with Crippen molar-refractivity contribution >= 4 is 68.8 Å². The molecule has 1 heterocycles. The third-order valence-electron chi connectivity index (χ3n) is 1.19. The van der Waals surface area contributed by atoms with Gasteiger partial charge in [-0.05, 0) is 22.8 Å². The van der Waals surface area contributed by atoms with Gasteiger partial charge in [0.15, 0.2) is 12.4 Å². The van der Waals surface area contributed by atoms with Crippen molar-refractivity contribution in [2.75, 3.05) is 0 Å². The van der Waals surface area contributed by atoms with Crippen LogP contribution in [0.3, 0.4) is 0 Å². The van der Waals surface area contributed by atoms with Crippen molar-refractivity contribution in [1.82, 2.24) is 0 Å². The SMILES string of the molecule is S=[PH](S)SP(=S)(S)[n+]1ccccc1. The molecule has 2 unspecified atom stereocenters. The summed E-state index contributed by atoms with van der Waals surface area (Å²) < 4.78 is 0.0725. The first-order valence-electron chi connectivity index (χ1n) is 3.25. The normalized spacial score (nSPS) is 17.7. The highest BCUT2D eigenvalue weighted by Crippen LogP contribution is 2.70. The maximum Gasteiger partial charge on any atom is 0.303 e. The van der Waals surface area contributed by atoms with Crippen molar-refractivity contribution in [1.29, 1.82) is 0 Å². The molecule has 1 aromatic rings. The predicted octanol–water partition coefficient (Wildman–Crippen LogP) is 3.15. The molecule has 8 heteroatoms. The van der Waals surface area contributed by atoms with Gasteiger partial charge in [-0.15, -0.1) is 12.2 Å². The molecule has 1 nitrogen and oxygen atoms in total. The van der Waals surface area contributed by atoms with Crippen LogP contribution in [0.15, 0.2) is 30.6 Å². The van der Waals surface area contributed by atoms with E-state index in [0.717, 1.165) is 0 Å². The maximum absolute atomic E-state index is 5.40. The molecule has 0 aliphatic rings. The van der Waals surface area contributed by atoms with Crippen LogP contribution in [-0.2, 0) is 23.6 Å². The van der Waals surface area contributed by atoms with Crippen LogP contribution >= 0.6 is 45.2 Å². The van der Waals surface area contributed by atoms with E-state index in [2.05, 4.69) is 24.5 Å². The lowest BCUT2D eigenvalue weighted by atomic mass is 10.5. The number of nitrogens with zero attached hydrogens (tertiary/aromatic N) is 1. The van der Waals surface area contributed by atoms with Crippen LogP contribution in [0.2, 0.25) is 0 Å². The van der Waals surface area contributed by atoms with E-state index >= 15 is 0 Å². The highest BCUT2D eigenvalue weighted by Gasteiger charge is 2.23. The molecule has 0 aliphatic carbocycles. The van der Waals surface area contributed by atoms with Crippen LogP contribution in [0.5, 0.6) is 0 Å². The minimum Gasteiger partial charge on any atom is -0.169 e. The second-order valence-corrected chi connectivity index (χ2v) is 20.1. The standard InChI is InChI=1S/C5H7NP2S5/c9-7(10)13-8(11,12)6-4-2-1-3-5-6/h1-5,7H,(H-,9,10,11,12)/p+1. The summed E-state index contributed by atoms with van der Waals surface area (Å²) in [6.45, 7) is 0. The fourth-order valence-corrected chi connectivity index (χ4v) is 22.4. The fourth-order valence-electron chi connectivity index (χ4n) is 0.707. The first kappa shape index (κ1) is 12.6. The molecule has 0 fully saturated rings. The Morgan fingerprint density at radius 1 is 1.31 bits per heavy atom. The van der Waals surface area contributed by atoms with Gasteiger partial charge in [-0.1, -0.05) is 30.1 Å². The van der Waals surface area contributed by atoms with E-state index in [4.69, 9.17) is 23.6 Å². The van der Waals surface area contributed by atoms with Crippen LogP contribution in [0, 0.1) is 0 Å². The largest absolute Gasteiger partial charge is 0.303 e. The monoisotopic (exact) mass is 304 g/mol. The van der Waals surface area contributed by atoms with Crippen molar-refractivity contribution < 1.29 is 4.34 Å². The van der Waals surface area contributed by atoms with Gasteiger partial charge in [-0.3, -0.25) is 0 Å². The Kier molecular flexibility index (Phi) is 5.36. The number of pyridine rings is 1. The van der Waals surface area contributed by atoms with Gasteiger partial charge in [0.05, 0.1) is 5.10 Å². The summed E-state index contributed by atoms with van der Waals surface area (Å²) >= 11 is 20.7. The lowest BCUT2D eigenvalue weighted by Crippen LogP contribution is -2.24. The fraction of sp³-hybridized carbons (Fsp3) is 0. The number of hydrogen-bond acceptors (Lipinski definition) is 3. The minimum absolute atomic E-state index is 1.10. The van der Waals surface area contributed by atoms with E-state index in [1.807, 2.05) is 34.9 Å². The van der Waals surface area contributed by atoms with E-state index in [1.165, 1.54) is 0 Å². The minimum atomic E-state index is -1.88. The zero-order valence-electron chi connectivity index (χ0n) is 6.40. The molecule has 0 spiro atoms. The van der Waals surface area contributed by atoms with Crippen molar-refractivity contribution in [2.45, 2.75) is 0 Å². The molecule has 0 bridgehead atoms. The first-order valence-corrected chi connectivity index (χ1v) is 13.2. The highest BCUT2D eigenvalue weighted by atomic mass is 33.5. The lowest BCUT2D eigenvalue weighted by Gasteiger charge is -2.07. The molecule has 13 heavy (non-hydrogen) atoms. The number of rotatable bonds is 3. The summed E-state index contributed by atoms with van der Waals surface area (Å²) in [6, 6.07) is 5.82. The van der Waals surface area contributed by atoms with Gasteiger partial charge < -0.3 is 0 Å². The quantitative estimate of drug-likeness (QED) is 0.653. The Morgan fingerprint density at radius 2 is 1.85 bits per heavy atom. The van der Waals surface area contributed by atoms with E-state index in [1.54, 1.807) is 11.0 Å². The van der Waals surface area contributed by atoms with Gasteiger partial charge in [-0.2, -0.15) is 4.34 Å². The molecule has 0 saturated carbocycles. The number of hydrogen-bond donors (Lipinski definition) is 2. The van der Waals surface area contributed by atoms with Crippen molar-refractivity contribution in [3.05, 3.63) is 30.6 Å². The maximum atomic E-state index is 5.40. The lowest BCUT2D eigenvalue weighted by molar-refractivity contribution is -0.504. The zero-order chi connectivity index (χ0) is 9.90. The number of thiol groups is 2. The van der Waals surface area contributed by atoms with Crippen molar-refractivity contribution in [2.24, 2.45) is 0 Å². The summed E-state index contributed by atoms with van der Waals surface area (Å²) in [7, 11) is 0. The third-order valence-corrected chi connectivity index (χ3v) is 17.3. The Hall–Kier alpha value is 1.50. The third kappa shape index (κ3) is 4.25. The van der Waals surface area contributed by atoms with E-state index < -0.39 is 9.69 Å². The molecular weight excluding hydrogens is 296 g/mol. The summed E-state index contributed by atoms with van der Waals surface area (Å²) in [6.07, 6.45) is 3.85. The molecule has 0 radical (unpaired) electrons. The Morgan fingerprint density at radius 3 is 2.31 bits per heavy atom. The smallest absolute Gasteiger partial charge is 0.169 e. The summed E-state index contributed by atoms with van der Waals surface area (Å²) in [4.78, 5) is 0. The molecule has 0 aromatic carbocycles.